The van der Waals surface area contributed by atoms with E-state index in [1.54, 1.807) is 35.7 Å². The van der Waals surface area contributed by atoms with E-state index in [1.165, 1.54) is 0 Å². The number of rotatable bonds is 2. The first-order valence-corrected chi connectivity index (χ1v) is 6.86. The first-order valence-electron chi connectivity index (χ1n) is 4.89. The summed E-state index contributed by atoms with van der Waals surface area (Å²) in [5.41, 5.74) is 1.18. The van der Waals surface area contributed by atoms with Gasteiger partial charge in [0.25, 0.3) is 0 Å². The molecule has 16 heavy (non-hydrogen) atoms. The van der Waals surface area contributed by atoms with Gasteiger partial charge in [-0.2, -0.15) is 0 Å². The summed E-state index contributed by atoms with van der Waals surface area (Å²) in [6.45, 7) is 0. The molecule has 1 heterocycles. The van der Waals surface area contributed by atoms with Gasteiger partial charge in [-0.15, -0.1) is 29.9 Å². The topological polar surface area (TPSA) is 17.1 Å². The molecule has 2 rings (SSSR count). The zero-order valence-corrected chi connectivity index (χ0v) is 10.2. The van der Waals surface area contributed by atoms with E-state index in [1.807, 2.05) is 18.2 Å². The predicted molar refractivity (Wildman–Crippen MR) is 71.5 cm³/mol. The molecule has 0 N–H and O–H groups in total. The van der Waals surface area contributed by atoms with Crippen LogP contribution in [-0.4, -0.2) is 17.3 Å². The number of Topliss-reactive ketones (excluding diaryl/α,β-unsaturated/α-hetero) is 1. The minimum absolute atomic E-state index is 0.0417. The van der Waals surface area contributed by atoms with Crippen LogP contribution in [0.4, 0.5) is 0 Å². The lowest BCUT2D eigenvalue weighted by atomic mass is 10.1. The third-order valence-electron chi connectivity index (χ3n) is 2.16. The highest BCUT2D eigenvalue weighted by Crippen LogP contribution is 2.39. The fourth-order valence-corrected chi connectivity index (χ4v) is 3.87. The highest BCUT2D eigenvalue weighted by molar-refractivity contribution is 8.25. The van der Waals surface area contributed by atoms with Crippen LogP contribution in [0.3, 0.4) is 0 Å². The van der Waals surface area contributed by atoms with Crippen LogP contribution >= 0.6 is 23.5 Å². The molecule has 1 aromatic carbocycles. The maximum Gasteiger partial charge on any atom is 0.203 e. The summed E-state index contributed by atoms with van der Waals surface area (Å²) >= 11 is 3.35. The molecule has 1 saturated heterocycles. The van der Waals surface area contributed by atoms with Crippen LogP contribution in [0.15, 0.2) is 40.1 Å². The van der Waals surface area contributed by atoms with Gasteiger partial charge in [0.05, 0.1) is 9.81 Å². The molecule has 0 radical (unpaired) electrons. The molecule has 0 aliphatic carbocycles. The van der Waals surface area contributed by atoms with E-state index in [4.69, 9.17) is 6.42 Å². The van der Waals surface area contributed by atoms with Gasteiger partial charge in [0.2, 0.25) is 5.78 Å². The maximum atomic E-state index is 12.1. The fourth-order valence-electron chi connectivity index (χ4n) is 1.41. The second-order valence-corrected chi connectivity index (χ2v) is 5.67. The van der Waals surface area contributed by atoms with Gasteiger partial charge >= 0.3 is 0 Å². The fraction of sp³-hybridized carbons (Fsp3) is 0.154. The van der Waals surface area contributed by atoms with E-state index in [2.05, 4.69) is 5.92 Å². The molecule has 0 amide bonds. The summed E-state index contributed by atoms with van der Waals surface area (Å²) in [5.74, 6) is 4.56. The van der Waals surface area contributed by atoms with Crippen molar-refractivity contribution in [3.05, 3.63) is 45.7 Å². The van der Waals surface area contributed by atoms with E-state index in [-0.39, 0.29) is 5.78 Å². The zero-order valence-electron chi connectivity index (χ0n) is 8.60. The van der Waals surface area contributed by atoms with Gasteiger partial charge < -0.3 is 0 Å². The summed E-state index contributed by atoms with van der Waals surface area (Å²) in [6, 6.07) is 9.18. The molecule has 0 atom stereocenters. The molecule has 0 aromatic heterocycles. The molecule has 1 aliphatic heterocycles. The SMILES string of the molecule is C#CC(C(=O)c1ccccc1)=C1SCCS1. The minimum atomic E-state index is -0.0417. The quantitative estimate of drug-likeness (QED) is 0.453. The Bertz CT molecular complexity index is 460. The van der Waals surface area contributed by atoms with Crippen molar-refractivity contribution in [3.63, 3.8) is 0 Å². The smallest absolute Gasteiger partial charge is 0.203 e. The summed E-state index contributed by atoms with van der Waals surface area (Å²) in [4.78, 5) is 12.1. The normalized spacial score (nSPS) is 14.6. The van der Waals surface area contributed by atoms with Crippen LogP contribution in [0, 0.1) is 12.3 Å². The standard InChI is InChI=1S/C13H10OS2/c1-2-11(13-15-8-9-16-13)12(14)10-6-4-3-5-7-10/h1,3-7H,8-9H2. The number of carbonyl (C=O) groups excluding carboxylic acids is 1. The van der Waals surface area contributed by atoms with Crippen molar-refractivity contribution < 1.29 is 4.79 Å². The number of benzene rings is 1. The number of hydrogen-bond donors (Lipinski definition) is 0. The Labute approximate surface area is 104 Å². The second-order valence-electron chi connectivity index (χ2n) is 3.20. The van der Waals surface area contributed by atoms with Crippen LogP contribution in [0.5, 0.6) is 0 Å². The first kappa shape index (κ1) is 11.4. The van der Waals surface area contributed by atoms with Gasteiger partial charge in [-0.3, -0.25) is 4.79 Å². The molecule has 3 heteroatoms. The first-order chi connectivity index (χ1) is 7.83. The summed E-state index contributed by atoms with van der Waals surface area (Å²) in [6.07, 6.45) is 5.44. The molecule has 80 valence electrons. The highest BCUT2D eigenvalue weighted by Gasteiger charge is 2.19. The molecule has 1 aliphatic rings. The van der Waals surface area contributed by atoms with Crippen molar-refractivity contribution in [1.82, 2.24) is 0 Å². The Morgan fingerprint density at radius 1 is 1.19 bits per heavy atom. The van der Waals surface area contributed by atoms with Gasteiger partial charge in [0, 0.05) is 17.1 Å². The Balaban J connectivity index is 2.34. The third-order valence-corrected chi connectivity index (χ3v) is 4.88. The van der Waals surface area contributed by atoms with E-state index < -0.39 is 0 Å². The van der Waals surface area contributed by atoms with Gasteiger partial charge in [-0.1, -0.05) is 36.3 Å². The largest absolute Gasteiger partial charge is 0.288 e. The van der Waals surface area contributed by atoms with E-state index in [0.29, 0.717) is 11.1 Å². The molecule has 0 unspecified atom stereocenters. The average molecular weight is 246 g/mol. The maximum absolute atomic E-state index is 12.1. The Kier molecular flexibility index (Phi) is 3.76. The van der Waals surface area contributed by atoms with Crippen molar-refractivity contribution in [2.75, 3.05) is 11.5 Å². The molecule has 1 nitrogen and oxygen atoms in total. The Hall–Kier alpha value is -1.11. The molecular weight excluding hydrogens is 236 g/mol. The molecule has 0 spiro atoms. The summed E-state index contributed by atoms with van der Waals surface area (Å²) in [5, 5.41) is 0. The van der Waals surface area contributed by atoms with Crippen LogP contribution in [0.25, 0.3) is 0 Å². The molecule has 0 saturated carbocycles. The number of thioether (sulfide) groups is 2. The van der Waals surface area contributed by atoms with Crippen LogP contribution in [0.2, 0.25) is 0 Å². The van der Waals surface area contributed by atoms with E-state index in [0.717, 1.165) is 15.7 Å². The van der Waals surface area contributed by atoms with E-state index >= 15 is 0 Å². The van der Waals surface area contributed by atoms with Gasteiger partial charge in [0.1, 0.15) is 0 Å². The van der Waals surface area contributed by atoms with Crippen molar-refractivity contribution in [2.45, 2.75) is 0 Å². The van der Waals surface area contributed by atoms with Crippen LogP contribution in [0.1, 0.15) is 10.4 Å². The monoisotopic (exact) mass is 246 g/mol. The summed E-state index contributed by atoms with van der Waals surface area (Å²) < 4.78 is 0.997. The van der Waals surface area contributed by atoms with Crippen LogP contribution < -0.4 is 0 Å². The van der Waals surface area contributed by atoms with Crippen molar-refractivity contribution in [3.8, 4) is 12.3 Å². The van der Waals surface area contributed by atoms with E-state index in [9.17, 15) is 4.79 Å². The highest BCUT2D eigenvalue weighted by atomic mass is 32.2. The Morgan fingerprint density at radius 2 is 1.81 bits per heavy atom. The number of carbonyl (C=O) groups is 1. The third kappa shape index (κ3) is 2.34. The van der Waals surface area contributed by atoms with Crippen molar-refractivity contribution in [1.29, 1.82) is 0 Å². The lowest BCUT2D eigenvalue weighted by molar-refractivity contribution is 0.103. The van der Waals surface area contributed by atoms with Gasteiger partial charge in [-0.25, -0.2) is 0 Å². The second kappa shape index (κ2) is 5.29. The van der Waals surface area contributed by atoms with Crippen LogP contribution in [-0.2, 0) is 0 Å². The van der Waals surface area contributed by atoms with Gasteiger partial charge in [0.15, 0.2) is 0 Å². The molecule has 1 fully saturated rings. The predicted octanol–water partition coefficient (Wildman–Crippen LogP) is 3.19. The molecule has 1 aromatic rings. The average Bonchev–Trinajstić information content (AvgIpc) is 2.85. The Morgan fingerprint density at radius 3 is 2.38 bits per heavy atom. The number of allylic oxidation sites excluding steroid dienone is 1. The minimum Gasteiger partial charge on any atom is -0.288 e. The molecule has 0 bridgehead atoms. The lowest BCUT2D eigenvalue weighted by Crippen LogP contribution is -2.02. The number of hydrogen-bond acceptors (Lipinski definition) is 3. The summed E-state index contributed by atoms with van der Waals surface area (Å²) in [7, 11) is 0. The lowest BCUT2D eigenvalue weighted by Gasteiger charge is -2.02. The van der Waals surface area contributed by atoms with Crippen molar-refractivity contribution >= 4 is 29.3 Å². The zero-order chi connectivity index (χ0) is 11.4. The number of ketones is 1. The number of terminal acetylenes is 1. The van der Waals surface area contributed by atoms with Crippen molar-refractivity contribution in [2.24, 2.45) is 0 Å². The van der Waals surface area contributed by atoms with Gasteiger partial charge in [-0.05, 0) is 0 Å². The molecular formula is C13H10OS2.